The Morgan fingerprint density at radius 1 is 1.53 bits per heavy atom. The number of hydrogen-bond donors (Lipinski definition) is 0. The summed E-state index contributed by atoms with van der Waals surface area (Å²) in [7, 11) is 0. The summed E-state index contributed by atoms with van der Waals surface area (Å²) in [6, 6.07) is 8.11. The van der Waals surface area contributed by atoms with Gasteiger partial charge in [-0.3, -0.25) is 4.79 Å². The lowest BCUT2D eigenvalue weighted by Gasteiger charge is -2.10. The van der Waals surface area contributed by atoms with Gasteiger partial charge in [0.25, 0.3) is 0 Å². The van der Waals surface area contributed by atoms with Crippen molar-refractivity contribution in [2.24, 2.45) is 0 Å². The number of benzene rings is 1. The van der Waals surface area contributed by atoms with Crippen LogP contribution in [0.15, 0.2) is 29.2 Å². The molecule has 1 aromatic rings. The van der Waals surface area contributed by atoms with Crippen molar-refractivity contribution < 1.29 is 9.53 Å². The van der Waals surface area contributed by atoms with Crippen LogP contribution in [0.2, 0.25) is 0 Å². The van der Waals surface area contributed by atoms with E-state index in [0.29, 0.717) is 6.61 Å². The maximum Gasteiger partial charge on any atom is 0.319 e. The van der Waals surface area contributed by atoms with Crippen LogP contribution in [0.3, 0.4) is 0 Å². The van der Waals surface area contributed by atoms with Crippen molar-refractivity contribution >= 4 is 17.7 Å². The first kappa shape index (κ1) is 12.1. The van der Waals surface area contributed by atoms with Crippen LogP contribution < -0.4 is 0 Å². The Hall–Kier alpha value is -0.960. The molecular formula is C12H16O2S. The third-order valence-electron chi connectivity index (χ3n) is 1.92. The predicted octanol–water partition coefficient (Wildman–Crippen LogP) is 3.04. The highest BCUT2D eigenvalue weighted by Crippen LogP contribution is 2.24. The number of hydrogen-bond acceptors (Lipinski definition) is 3. The van der Waals surface area contributed by atoms with Crippen molar-refractivity contribution in [2.75, 3.05) is 6.61 Å². The Balaban J connectivity index is 2.58. The molecule has 1 atom stereocenters. The molecule has 82 valence electrons. The lowest BCUT2D eigenvalue weighted by atomic mass is 10.2. The molecule has 0 fully saturated rings. The highest BCUT2D eigenvalue weighted by molar-refractivity contribution is 8.00. The first-order valence-electron chi connectivity index (χ1n) is 5.03. The standard InChI is InChI=1S/C12H16O2S/c1-4-14-12(13)10(3)15-11-7-5-6-9(2)8-11/h5-8,10H,4H2,1-3H3/t10-/m0/s1. The molecule has 2 nitrogen and oxygen atoms in total. The van der Waals surface area contributed by atoms with E-state index in [1.807, 2.05) is 39.0 Å². The number of esters is 1. The number of aryl methyl sites for hydroxylation is 1. The molecule has 0 aliphatic rings. The van der Waals surface area contributed by atoms with Gasteiger partial charge in [0, 0.05) is 4.90 Å². The minimum atomic E-state index is -0.149. The summed E-state index contributed by atoms with van der Waals surface area (Å²) in [4.78, 5) is 12.5. The highest BCUT2D eigenvalue weighted by atomic mass is 32.2. The zero-order valence-corrected chi connectivity index (χ0v) is 10.1. The molecule has 0 heterocycles. The average molecular weight is 224 g/mol. The summed E-state index contributed by atoms with van der Waals surface area (Å²) < 4.78 is 4.95. The number of carbonyl (C=O) groups is 1. The van der Waals surface area contributed by atoms with Gasteiger partial charge < -0.3 is 4.74 Å². The average Bonchev–Trinajstić information content (AvgIpc) is 2.18. The largest absolute Gasteiger partial charge is 0.465 e. The molecule has 0 radical (unpaired) electrons. The molecule has 0 spiro atoms. The minimum absolute atomic E-state index is 0.147. The van der Waals surface area contributed by atoms with Crippen molar-refractivity contribution in [3.8, 4) is 0 Å². The Bertz CT molecular complexity index is 336. The second-order valence-corrected chi connectivity index (χ2v) is 4.74. The summed E-state index contributed by atoms with van der Waals surface area (Å²) in [5, 5.41) is -0.147. The van der Waals surface area contributed by atoms with E-state index in [4.69, 9.17) is 4.74 Å². The van der Waals surface area contributed by atoms with E-state index in [1.54, 1.807) is 0 Å². The van der Waals surface area contributed by atoms with E-state index in [-0.39, 0.29) is 11.2 Å². The van der Waals surface area contributed by atoms with Gasteiger partial charge in [-0.1, -0.05) is 17.7 Å². The minimum Gasteiger partial charge on any atom is -0.465 e. The quantitative estimate of drug-likeness (QED) is 0.581. The van der Waals surface area contributed by atoms with E-state index in [9.17, 15) is 4.79 Å². The molecule has 0 bridgehead atoms. The van der Waals surface area contributed by atoms with Crippen molar-refractivity contribution in [2.45, 2.75) is 30.9 Å². The normalized spacial score (nSPS) is 12.2. The van der Waals surface area contributed by atoms with Gasteiger partial charge in [0.15, 0.2) is 0 Å². The van der Waals surface area contributed by atoms with Gasteiger partial charge in [-0.05, 0) is 32.9 Å². The predicted molar refractivity (Wildman–Crippen MR) is 63.1 cm³/mol. The summed E-state index contributed by atoms with van der Waals surface area (Å²) in [6.07, 6.45) is 0. The molecule has 1 aromatic carbocycles. The van der Waals surface area contributed by atoms with Crippen molar-refractivity contribution in [3.05, 3.63) is 29.8 Å². The third-order valence-corrected chi connectivity index (χ3v) is 2.99. The van der Waals surface area contributed by atoms with Gasteiger partial charge in [0.2, 0.25) is 0 Å². The number of ether oxygens (including phenoxy) is 1. The first-order valence-corrected chi connectivity index (χ1v) is 5.91. The fourth-order valence-corrected chi connectivity index (χ4v) is 2.18. The van der Waals surface area contributed by atoms with Gasteiger partial charge in [-0.2, -0.15) is 0 Å². The first-order chi connectivity index (χ1) is 7.13. The second-order valence-electron chi connectivity index (χ2n) is 3.33. The summed E-state index contributed by atoms with van der Waals surface area (Å²) in [6.45, 7) is 6.17. The van der Waals surface area contributed by atoms with Crippen molar-refractivity contribution in [1.29, 1.82) is 0 Å². The van der Waals surface area contributed by atoms with Gasteiger partial charge >= 0.3 is 5.97 Å². The SMILES string of the molecule is CCOC(=O)[C@H](C)Sc1cccc(C)c1. The fraction of sp³-hybridized carbons (Fsp3) is 0.417. The Morgan fingerprint density at radius 3 is 2.87 bits per heavy atom. The molecule has 0 saturated carbocycles. The molecule has 0 aliphatic heterocycles. The summed E-state index contributed by atoms with van der Waals surface area (Å²) in [5.74, 6) is -0.149. The van der Waals surface area contributed by atoms with Crippen LogP contribution in [0, 0.1) is 6.92 Å². The smallest absolute Gasteiger partial charge is 0.319 e. The van der Waals surface area contributed by atoms with Crippen LogP contribution in [0.1, 0.15) is 19.4 Å². The number of thioether (sulfide) groups is 1. The zero-order chi connectivity index (χ0) is 11.3. The Labute approximate surface area is 95.0 Å². The summed E-state index contributed by atoms with van der Waals surface area (Å²) >= 11 is 1.53. The van der Waals surface area contributed by atoms with Crippen molar-refractivity contribution in [3.63, 3.8) is 0 Å². The number of rotatable bonds is 4. The lowest BCUT2D eigenvalue weighted by molar-refractivity contribution is -0.142. The number of carbonyl (C=O) groups excluding carboxylic acids is 1. The molecule has 0 amide bonds. The van der Waals surface area contributed by atoms with Gasteiger partial charge in [0.05, 0.1) is 6.61 Å². The Morgan fingerprint density at radius 2 is 2.27 bits per heavy atom. The Kier molecular flexibility index (Phi) is 4.69. The molecular weight excluding hydrogens is 208 g/mol. The van der Waals surface area contributed by atoms with Gasteiger partial charge in [-0.15, -0.1) is 11.8 Å². The topological polar surface area (TPSA) is 26.3 Å². The molecule has 0 aliphatic carbocycles. The maximum absolute atomic E-state index is 11.4. The molecule has 3 heteroatoms. The van der Waals surface area contributed by atoms with E-state index < -0.39 is 0 Å². The molecule has 0 unspecified atom stereocenters. The van der Waals surface area contributed by atoms with Crippen LogP contribution in [-0.2, 0) is 9.53 Å². The van der Waals surface area contributed by atoms with Crippen LogP contribution in [-0.4, -0.2) is 17.8 Å². The zero-order valence-electron chi connectivity index (χ0n) is 9.32. The van der Waals surface area contributed by atoms with E-state index in [0.717, 1.165) is 4.90 Å². The lowest BCUT2D eigenvalue weighted by Crippen LogP contribution is -2.16. The van der Waals surface area contributed by atoms with Crippen LogP contribution in [0.5, 0.6) is 0 Å². The van der Waals surface area contributed by atoms with Crippen LogP contribution in [0.25, 0.3) is 0 Å². The molecule has 15 heavy (non-hydrogen) atoms. The summed E-state index contributed by atoms with van der Waals surface area (Å²) in [5.41, 5.74) is 1.20. The molecule has 0 N–H and O–H groups in total. The van der Waals surface area contributed by atoms with Crippen LogP contribution >= 0.6 is 11.8 Å². The molecule has 0 saturated heterocycles. The maximum atomic E-state index is 11.4. The van der Waals surface area contributed by atoms with Crippen molar-refractivity contribution in [1.82, 2.24) is 0 Å². The monoisotopic (exact) mass is 224 g/mol. The molecule has 1 rings (SSSR count). The fourth-order valence-electron chi connectivity index (χ4n) is 1.20. The van der Waals surface area contributed by atoms with E-state index in [1.165, 1.54) is 17.3 Å². The van der Waals surface area contributed by atoms with E-state index in [2.05, 4.69) is 6.07 Å². The van der Waals surface area contributed by atoms with Gasteiger partial charge in [0.1, 0.15) is 5.25 Å². The van der Waals surface area contributed by atoms with Crippen LogP contribution in [0.4, 0.5) is 0 Å². The van der Waals surface area contributed by atoms with Gasteiger partial charge in [-0.25, -0.2) is 0 Å². The third kappa shape index (κ3) is 3.96. The highest BCUT2D eigenvalue weighted by Gasteiger charge is 2.14. The second kappa shape index (κ2) is 5.81. The van der Waals surface area contributed by atoms with E-state index >= 15 is 0 Å². The molecule has 0 aromatic heterocycles.